The number of hydrogen-bond donors (Lipinski definition) is 2. The highest BCUT2D eigenvalue weighted by atomic mass is 32.2. The first kappa shape index (κ1) is 22.2. The normalized spacial score (nSPS) is 12.8. The average molecular weight is 419 g/mol. The second-order valence-corrected chi connectivity index (χ2v) is 8.83. The van der Waals surface area contributed by atoms with Crippen LogP contribution in [0.5, 0.6) is 0 Å². The van der Waals surface area contributed by atoms with Crippen molar-refractivity contribution in [2.75, 3.05) is 17.3 Å². The molecule has 5 nitrogen and oxygen atoms in total. The highest BCUT2D eigenvalue weighted by molar-refractivity contribution is 7.98. The van der Waals surface area contributed by atoms with Gasteiger partial charge in [0.05, 0.1) is 0 Å². The summed E-state index contributed by atoms with van der Waals surface area (Å²) in [4.78, 5) is 12.7. The zero-order valence-corrected chi connectivity index (χ0v) is 17.7. The van der Waals surface area contributed by atoms with Crippen LogP contribution < -0.4 is 10.0 Å². The van der Waals surface area contributed by atoms with E-state index in [2.05, 4.69) is 17.0 Å². The van der Waals surface area contributed by atoms with Crippen LogP contribution in [0.2, 0.25) is 0 Å². The second kappa shape index (κ2) is 11.0. The fourth-order valence-corrected chi connectivity index (χ4v) is 4.01. The van der Waals surface area contributed by atoms with Gasteiger partial charge in [-0.25, -0.2) is 8.42 Å². The van der Waals surface area contributed by atoms with E-state index in [0.717, 1.165) is 17.4 Å². The summed E-state index contributed by atoms with van der Waals surface area (Å²) < 4.78 is 27.4. The van der Waals surface area contributed by atoms with Gasteiger partial charge in [-0.15, -0.1) is 0 Å². The van der Waals surface area contributed by atoms with Crippen molar-refractivity contribution >= 4 is 39.5 Å². The lowest BCUT2D eigenvalue weighted by molar-refractivity contribution is -0.117. The third kappa shape index (κ3) is 7.50. The van der Waals surface area contributed by atoms with Gasteiger partial charge in [0.1, 0.15) is 6.04 Å². The summed E-state index contributed by atoms with van der Waals surface area (Å²) >= 11 is 1.56. The van der Waals surface area contributed by atoms with Gasteiger partial charge in [-0.1, -0.05) is 49.4 Å². The van der Waals surface area contributed by atoms with Crippen molar-refractivity contribution in [1.29, 1.82) is 0 Å². The highest BCUT2D eigenvalue weighted by Gasteiger charge is 2.23. The monoisotopic (exact) mass is 418 g/mol. The zero-order valence-electron chi connectivity index (χ0n) is 16.1. The van der Waals surface area contributed by atoms with Crippen LogP contribution >= 0.6 is 11.8 Å². The van der Waals surface area contributed by atoms with Crippen LogP contribution in [-0.4, -0.2) is 32.4 Å². The van der Waals surface area contributed by atoms with E-state index in [-0.39, 0.29) is 5.91 Å². The minimum atomic E-state index is -3.76. The Bertz CT molecular complexity index is 880. The summed E-state index contributed by atoms with van der Waals surface area (Å²) in [6, 6.07) is 15.8. The molecule has 0 radical (unpaired) electrons. The van der Waals surface area contributed by atoms with Crippen molar-refractivity contribution < 1.29 is 13.2 Å². The van der Waals surface area contributed by atoms with E-state index in [1.54, 1.807) is 11.8 Å². The van der Waals surface area contributed by atoms with E-state index < -0.39 is 16.1 Å². The second-order valence-electron chi connectivity index (χ2n) is 6.25. The van der Waals surface area contributed by atoms with Crippen LogP contribution in [0.15, 0.2) is 60.0 Å². The summed E-state index contributed by atoms with van der Waals surface area (Å²) in [6.45, 7) is 2.06. The number of sulfonamides is 1. The first-order chi connectivity index (χ1) is 13.4. The number of amides is 1. The minimum Gasteiger partial charge on any atom is -0.325 e. The topological polar surface area (TPSA) is 75.3 Å². The summed E-state index contributed by atoms with van der Waals surface area (Å²) in [5.74, 6) is 0.299. The van der Waals surface area contributed by atoms with Gasteiger partial charge in [0.15, 0.2) is 0 Å². The van der Waals surface area contributed by atoms with Crippen molar-refractivity contribution in [1.82, 2.24) is 4.72 Å². The first-order valence-corrected chi connectivity index (χ1v) is 12.0. The maximum atomic E-state index is 12.7. The largest absolute Gasteiger partial charge is 0.325 e. The van der Waals surface area contributed by atoms with Crippen molar-refractivity contribution in [3.8, 4) is 0 Å². The molecule has 0 aliphatic rings. The Morgan fingerprint density at radius 3 is 2.39 bits per heavy atom. The van der Waals surface area contributed by atoms with E-state index in [4.69, 9.17) is 0 Å². The molecule has 7 heteroatoms. The molecule has 0 heterocycles. The Hall–Kier alpha value is -2.09. The van der Waals surface area contributed by atoms with E-state index in [1.807, 2.05) is 60.9 Å². The Balaban J connectivity index is 2.08. The lowest BCUT2D eigenvalue weighted by atomic mass is 10.1. The van der Waals surface area contributed by atoms with Crippen LogP contribution in [0.1, 0.15) is 24.5 Å². The molecule has 0 aromatic heterocycles. The maximum absolute atomic E-state index is 12.7. The Morgan fingerprint density at radius 1 is 1.11 bits per heavy atom. The number of thioether (sulfide) groups is 1. The number of aryl methyl sites for hydroxylation is 1. The predicted molar refractivity (Wildman–Crippen MR) is 119 cm³/mol. The van der Waals surface area contributed by atoms with E-state index in [1.165, 1.54) is 11.6 Å². The Morgan fingerprint density at radius 2 is 1.79 bits per heavy atom. The van der Waals surface area contributed by atoms with Gasteiger partial charge in [0, 0.05) is 11.1 Å². The first-order valence-electron chi connectivity index (χ1n) is 9.07. The summed E-state index contributed by atoms with van der Waals surface area (Å²) in [5.41, 5.74) is 2.59. The molecule has 0 saturated heterocycles. The molecule has 1 unspecified atom stereocenters. The number of rotatable bonds is 10. The molecular formula is C21H26N2O3S2. The lowest BCUT2D eigenvalue weighted by Gasteiger charge is -2.17. The molecule has 2 aromatic rings. The molecule has 2 aromatic carbocycles. The van der Waals surface area contributed by atoms with Crippen LogP contribution in [0.25, 0.3) is 6.08 Å². The van der Waals surface area contributed by atoms with Gasteiger partial charge in [-0.2, -0.15) is 16.5 Å². The number of carbonyl (C=O) groups is 1. The van der Waals surface area contributed by atoms with E-state index in [9.17, 15) is 13.2 Å². The van der Waals surface area contributed by atoms with Gasteiger partial charge in [0.25, 0.3) is 0 Å². The molecule has 2 N–H and O–H groups in total. The standard InChI is InChI=1S/C21H26N2O3S2/c1-3-17-9-11-19(12-10-17)22-21(24)20(13-15-27-2)23-28(25,26)16-14-18-7-5-4-6-8-18/h4-12,14,16,20,23H,3,13,15H2,1-2H3,(H,22,24)/b16-14+. The fraction of sp³-hybridized carbons (Fsp3) is 0.286. The molecule has 150 valence electrons. The van der Waals surface area contributed by atoms with Crippen LogP contribution in [0.3, 0.4) is 0 Å². The van der Waals surface area contributed by atoms with Gasteiger partial charge in [-0.05, 0) is 54.2 Å². The number of carbonyl (C=O) groups excluding carboxylic acids is 1. The Labute approximate surface area is 171 Å². The molecule has 0 fully saturated rings. The summed E-state index contributed by atoms with van der Waals surface area (Å²) in [5, 5.41) is 3.89. The van der Waals surface area contributed by atoms with E-state index in [0.29, 0.717) is 17.9 Å². The molecule has 28 heavy (non-hydrogen) atoms. The smallest absolute Gasteiger partial charge is 0.242 e. The maximum Gasteiger partial charge on any atom is 0.242 e. The number of benzene rings is 2. The van der Waals surface area contributed by atoms with Crippen molar-refractivity contribution in [3.63, 3.8) is 0 Å². The van der Waals surface area contributed by atoms with Crippen molar-refractivity contribution in [2.24, 2.45) is 0 Å². The van der Waals surface area contributed by atoms with Crippen LogP contribution in [0, 0.1) is 0 Å². The molecule has 1 atom stereocenters. The number of anilines is 1. The molecule has 0 spiro atoms. The quantitative estimate of drug-likeness (QED) is 0.614. The fourth-order valence-electron chi connectivity index (χ4n) is 2.50. The zero-order chi connectivity index (χ0) is 20.4. The van der Waals surface area contributed by atoms with E-state index >= 15 is 0 Å². The highest BCUT2D eigenvalue weighted by Crippen LogP contribution is 2.12. The van der Waals surface area contributed by atoms with Crippen molar-refractivity contribution in [2.45, 2.75) is 25.8 Å². The molecular weight excluding hydrogens is 392 g/mol. The molecule has 0 aliphatic carbocycles. The third-order valence-electron chi connectivity index (χ3n) is 4.10. The Kier molecular flexibility index (Phi) is 8.76. The van der Waals surface area contributed by atoms with Gasteiger partial charge in [0.2, 0.25) is 15.9 Å². The van der Waals surface area contributed by atoms with Crippen LogP contribution in [0.4, 0.5) is 5.69 Å². The van der Waals surface area contributed by atoms with Gasteiger partial charge < -0.3 is 5.32 Å². The molecule has 0 aliphatic heterocycles. The molecule has 1 amide bonds. The minimum absolute atomic E-state index is 0.366. The van der Waals surface area contributed by atoms with Gasteiger partial charge in [-0.3, -0.25) is 4.79 Å². The SMILES string of the molecule is CCc1ccc(NC(=O)C(CCSC)NS(=O)(=O)/C=C/c2ccccc2)cc1. The molecule has 2 rings (SSSR count). The number of hydrogen-bond acceptors (Lipinski definition) is 4. The number of nitrogens with one attached hydrogen (secondary N) is 2. The third-order valence-corrected chi connectivity index (χ3v) is 5.85. The lowest BCUT2D eigenvalue weighted by Crippen LogP contribution is -2.43. The summed E-state index contributed by atoms with van der Waals surface area (Å²) in [6.07, 6.45) is 4.74. The summed E-state index contributed by atoms with van der Waals surface area (Å²) in [7, 11) is -3.76. The average Bonchev–Trinajstić information content (AvgIpc) is 2.71. The molecule has 0 bridgehead atoms. The van der Waals surface area contributed by atoms with Crippen molar-refractivity contribution in [3.05, 3.63) is 71.1 Å². The predicted octanol–water partition coefficient (Wildman–Crippen LogP) is 3.90. The molecule has 0 saturated carbocycles. The van der Waals surface area contributed by atoms with Gasteiger partial charge >= 0.3 is 0 Å². The van der Waals surface area contributed by atoms with Crippen LogP contribution in [-0.2, 0) is 21.2 Å².